The Bertz CT molecular complexity index is 1260. The van der Waals surface area contributed by atoms with Crippen LogP contribution in [0.1, 0.15) is 45.9 Å². The van der Waals surface area contributed by atoms with Crippen LogP contribution < -0.4 is 10.0 Å². The van der Waals surface area contributed by atoms with Gasteiger partial charge in [0.2, 0.25) is 15.6 Å². The van der Waals surface area contributed by atoms with E-state index in [4.69, 9.17) is 16.3 Å². The molecule has 0 fully saturated rings. The highest BCUT2D eigenvalue weighted by molar-refractivity contribution is 7.88. The van der Waals surface area contributed by atoms with Gasteiger partial charge in [0, 0.05) is 5.56 Å². The summed E-state index contributed by atoms with van der Waals surface area (Å²) in [7, 11) is -3.88. The van der Waals surface area contributed by atoms with Gasteiger partial charge in [0.25, 0.3) is 0 Å². The monoisotopic (exact) mass is 569 g/mol. The van der Waals surface area contributed by atoms with Gasteiger partial charge in [-0.05, 0) is 70.5 Å². The van der Waals surface area contributed by atoms with E-state index in [1.165, 1.54) is 46.8 Å². The van der Waals surface area contributed by atoms with Crippen molar-refractivity contribution < 1.29 is 40.6 Å². The van der Waals surface area contributed by atoms with E-state index >= 15 is 0 Å². The molecule has 1 amide bonds. The van der Waals surface area contributed by atoms with Crippen LogP contribution >= 0.6 is 11.6 Å². The van der Waals surface area contributed by atoms with Gasteiger partial charge >= 0.3 is 12.3 Å². The van der Waals surface area contributed by atoms with Crippen molar-refractivity contribution in [1.29, 1.82) is 0 Å². The van der Waals surface area contributed by atoms with Crippen molar-refractivity contribution in [1.82, 2.24) is 15.0 Å². The van der Waals surface area contributed by atoms with Crippen molar-refractivity contribution in [3.8, 4) is 11.3 Å². The fraction of sp³-hybridized carbons (Fsp3) is 0.478. The highest BCUT2D eigenvalue weighted by Crippen LogP contribution is 2.43. The number of alkyl carbamates (subject to hydrolysis) is 1. The van der Waals surface area contributed by atoms with Crippen LogP contribution in [0.25, 0.3) is 11.3 Å². The minimum atomic E-state index is -5.37. The van der Waals surface area contributed by atoms with Crippen LogP contribution in [0.15, 0.2) is 30.3 Å². The fourth-order valence-corrected chi connectivity index (χ4v) is 4.84. The number of nitrogens with zero attached hydrogens (tertiary/aromatic N) is 1. The highest BCUT2D eigenvalue weighted by Gasteiger charge is 2.57. The number of sulfonamides is 1. The zero-order chi connectivity index (χ0) is 28.6. The molecule has 0 aliphatic rings. The largest absolute Gasteiger partial charge is 0.444 e. The van der Waals surface area contributed by atoms with Gasteiger partial charge in [-0.1, -0.05) is 11.6 Å². The number of carbonyl (C=O) groups excluding carboxylic acids is 1. The Balaban J connectivity index is 2.78. The summed E-state index contributed by atoms with van der Waals surface area (Å²) in [6.45, 7) is 5.81. The molecule has 2 aromatic rings. The molecular weight excluding hydrogens is 542 g/mol. The molecule has 1 atom stereocenters. The highest BCUT2D eigenvalue weighted by atomic mass is 35.5. The van der Waals surface area contributed by atoms with Gasteiger partial charge < -0.3 is 15.2 Å². The van der Waals surface area contributed by atoms with Crippen LogP contribution in [0.2, 0.25) is 5.02 Å². The number of alkyl halides is 3. The maximum absolute atomic E-state index is 14.3. The Hall–Kier alpha value is -2.48. The van der Waals surface area contributed by atoms with Gasteiger partial charge in [-0.2, -0.15) is 13.2 Å². The van der Waals surface area contributed by atoms with Crippen molar-refractivity contribution in [2.75, 3.05) is 12.8 Å². The molecule has 14 heteroatoms. The summed E-state index contributed by atoms with van der Waals surface area (Å²) in [6.07, 6.45) is -5.74. The van der Waals surface area contributed by atoms with E-state index in [1.807, 2.05) is 5.32 Å². The Morgan fingerprint density at radius 1 is 1.11 bits per heavy atom. The first-order chi connectivity index (χ1) is 16.6. The predicted molar refractivity (Wildman–Crippen MR) is 130 cm³/mol. The van der Waals surface area contributed by atoms with Crippen molar-refractivity contribution >= 4 is 27.7 Å². The molecule has 1 aromatic carbocycles. The summed E-state index contributed by atoms with van der Waals surface area (Å²) in [5.41, 5.74) is -7.70. The Morgan fingerprint density at radius 3 is 2.11 bits per heavy atom. The van der Waals surface area contributed by atoms with E-state index < -0.39 is 57.1 Å². The number of carbonyl (C=O) groups is 1. The second-order valence-corrected chi connectivity index (χ2v) is 12.1. The van der Waals surface area contributed by atoms with Crippen LogP contribution in [-0.2, 0) is 25.9 Å². The van der Waals surface area contributed by atoms with Gasteiger partial charge in [0.05, 0.1) is 34.7 Å². The van der Waals surface area contributed by atoms with E-state index in [-0.39, 0.29) is 21.8 Å². The number of amides is 1. The van der Waals surface area contributed by atoms with Crippen molar-refractivity contribution in [2.24, 2.45) is 0 Å². The second-order valence-electron chi connectivity index (χ2n) is 9.94. The first kappa shape index (κ1) is 30.7. The molecule has 0 spiro atoms. The summed E-state index contributed by atoms with van der Waals surface area (Å²) < 4.78 is 87.5. The van der Waals surface area contributed by atoms with Crippen molar-refractivity contribution in [3.05, 3.63) is 52.4 Å². The summed E-state index contributed by atoms with van der Waals surface area (Å²) in [6, 6.07) is 5.27. The van der Waals surface area contributed by atoms with E-state index in [0.717, 1.165) is 24.5 Å². The Labute approximate surface area is 217 Å². The minimum absolute atomic E-state index is 0.0919. The van der Waals surface area contributed by atoms with E-state index in [9.17, 15) is 35.9 Å². The molecular formula is C23H28ClF4N3O5S. The quantitative estimate of drug-likeness (QED) is 0.420. The van der Waals surface area contributed by atoms with Crippen LogP contribution in [0.4, 0.5) is 22.4 Å². The number of benzene rings is 1. The minimum Gasteiger partial charge on any atom is -0.444 e. The van der Waals surface area contributed by atoms with Gasteiger partial charge in [0.15, 0.2) is 0 Å². The topological polar surface area (TPSA) is 118 Å². The maximum Gasteiger partial charge on any atom is 0.424 e. The molecule has 3 N–H and O–H groups in total. The summed E-state index contributed by atoms with van der Waals surface area (Å²) >= 11 is 6.49. The van der Waals surface area contributed by atoms with Gasteiger partial charge in [-0.3, -0.25) is 0 Å². The normalized spacial score (nSPS) is 14.7. The third-order valence-electron chi connectivity index (χ3n) is 4.97. The Kier molecular flexibility index (Phi) is 8.60. The SMILES string of the molecule is CC(C)(C)OC(=O)NCC(O)(c1cc(C(C)(C)NS(C)(=O)=O)c(Cl)c(-c2ccc(F)cc2)n1)C(F)(F)F. The average molecular weight is 570 g/mol. The van der Waals surface area contributed by atoms with Crippen LogP contribution in [0.3, 0.4) is 0 Å². The first-order valence-corrected chi connectivity index (χ1v) is 13.0. The lowest BCUT2D eigenvalue weighted by molar-refractivity contribution is -0.265. The summed E-state index contributed by atoms with van der Waals surface area (Å²) in [4.78, 5) is 16.0. The number of rotatable bonds is 7. The van der Waals surface area contributed by atoms with Crippen LogP contribution in [0.5, 0.6) is 0 Å². The number of aliphatic hydroxyl groups is 1. The lowest BCUT2D eigenvalue weighted by Crippen LogP contribution is -2.52. The molecule has 1 unspecified atom stereocenters. The zero-order valence-corrected chi connectivity index (χ0v) is 22.5. The molecule has 206 valence electrons. The molecule has 0 saturated carbocycles. The second kappa shape index (κ2) is 10.4. The molecule has 0 bridgehead atoms. The molecule has 0 saturated heterocycles. The van der Waals surface area contributed by atoms with E-state index in [1.54, 1.807) is 0 Å². The first-order valence-electron chi connectivity index (χ1n) is 10.8. The molecule has 1 heterocycles. The van der Waals surface area contributed by atoms with Gasteiger partial charge in [0.1, 0.15) is 11.4 Å². The number of halogens is 5. The zero-order valence-electron chi connectivity index (χ0n) is 20.9. The van der Waals surface area contributed by atoms with Crippen LogP contribution in [-0.4, -0.2) is 49.2 Å². The van der Waals surface area contributed by atoms with Crippen molar-refractivity contribution in [3.63, 3.8) is 0 Å². The number of hydrogen-bond donors (Lipinski definition) is 3. The molecule has 0 aliphatic heterocycles. The lowest BCUT2D eigenvalue weighted by atomic mass is 9.89. The average Bonchev–Trinajstić information content (AvgIpc) is 2.69. The number of pyridine rings is 1. The molecule has 2 rings (SSSR count). The molecule has 0 radical (unpaired) electrons. The third kappa shape index (κ3) is 7.76. The lowest BCUT2D eigenvalue weighted by Gasteiger charge is -2.33. The fourth-order valence-electron chi connectivity index (χ4n) is 3.36. The Morgan fingerprint density at radius 2 is 1.65 bits per heavy atom. The summed E-state index contributed by atoms with van der Waals surface area (Å²) in [5.74, 6) is -0.635. The third-order valence-corrected chi connectivity index (χ3v) is 6.23. The van der Waals surface area contributed by atoms with Crippen LogP contribution in [0, 0.1) is 5.82 Å². The van der Waals surface area contributed by atoms with Crippen molar-refractivity contribution in [2.45, 2.75) is 57.5 Å². The van der Waals surface area contributed by atoms with E-state index in [2.05, 4.69) is 9.71 Å². The number of hydrogen-bond acceptors (Lipinski definition) is 6. The number of nitrogens with one attached hydrogen (secondary N) is 2. The smallest absolute Gasteiger partial charge is 0.424 e. The summed E-state index contributed by atoms with van der Waals surface area (Å²) in [5, 5.41) is 12.6. The standard InChI is InChI=1S/C23H28ClF4N3O5S/c1-20(2,3)36-19(32)29-12-22(33,23(26,27)28)16-11-15(21(4,5)31-37(6,34)35)17(24)18(30-16)13-7-9-14(25)10-8-13/h7-11,31,33H,12H2,1-6H3,(H,29,32). The van der Waals surface area contributed by atoms with Gasteiger partial charge in [-0.15, -0.1) is 0 Å². The number of ether oxygens (including phenoxy) is 1. The molecule has 8 nitrogen and oxygen atoms in total. The molecule has 0 aliphatic carbocycles. The maximum atomic E-state index is 14.3. The predicted octanol–water partition coefficient (Wildman–Crippen LogP) is 4.60. The van der Waals surface area contributed by atoms with E-state index in [0.29, 0.717) is 0 Å². The number of aromatic nitrogens is 1. The molecule has 1 aromatic heterocycles. The molecule has 37 heavy (non-hydrogen) atoms. The van der Waals surface area contributed by atoms with Gasteiger partial charge in [-0.25, -0.2) is 27.3 Å².